The molecule has 0 spiro atoms. The van der Waals surface area contributed by atoms with Gasteiger partial charge in [-0.05, 0) is 48.4 Å². The first-order valence-corrected chi connectivity index (χ1v) is 7.80. The van der Waals surface area contributed by atoms with E-state index in [4.69, 9.17) is 5.11 Å². The molecule has 0 aliphatic carbocycles. The molecule has 0 atom stereocenters. The van der Waals surface area contributed by atoms with Crippen LogP contribution >= 0.6 is 0 Å². The Labute approximate surface area is 127 Å². The highest BCUT2D eigenvalue weighted by Crippen LogP contribution is 2.37. The third-order valence-corrected chi connectivity index (χ3v) is 4.87. The van der Waals surface area contributed by atoms with Crippen LogP contribution in [0, 0.1) is 5.41 Å². The standard InChI is InChI=1S/C18H25NO2/c1-3-18(4-2)11-12-19(14-18)13-16-8-6-5-7-15(16)9-10-17(20)21/h5-10H,3-4,11-14H2,1-2H3,(H,20,21)/b10-9+. The molecule has 1 aliphatic heterocycles. The van der Waals surface area contributed by atoms with Crippen LogP contribution < -0.4 is 0 Å². The second kappa shape index (κ2) is 6.90. The molecule has 3 nitrogen and oxygen atoms in total. The van der Waals surface area contributed by atoms with Crippen LogP contribution in [0.3, 0.4) is 0 Å². The molecule has 3 heteroatoms. The summed E-state index contributed by atoms with van der Waals surface area (Å²) in [5, 5.41) is 8.79. The van der Waals surface area contributed by atoms with Gasteiger partial charge in [0.05, 0.1) is 0 Å². The molecule has 0 radical (unpaired) electrons. The molecule has 1 saturated heterocycles. The summed E-state index contributed by atoms with van der Waals surface area (Å²) < 4.78 is 0. The van der Waals surface area contributed by atoms with Gasteiger partial charge in [0.15, 0.2) is 0 Å². The number of benzene rings is 1. The van der Waals surface area contributed by atoms with Crippen LogP contribution in [0.4, 0.5) is 0 Å². The molecule has 1 aromatic carbocycles. The molecular weight excluding hydrogens is 262 g/mol. The predicted octanol–water partition coefficient (Wildman–Crippen LogP) is 3.80. The van der Waals surface area contributed by atoms with Crippen LogP contribution in [0.25, 0.3) is 6.08 Å². The number of carbonyl (C=O) groups is 1. The minimum Gasteiger partial charge on any atom is -0.478 e. The van der Waals surface area contributed by atoms with Crippen molar-refractivity contribution in [2.75, 3.05) is 13.1 Å². The second-order valence-corrected chi connectivity index (χ2v) is 6.04. The van der Waals surface area contributed by atoms with E-state index in [1.807, 2.05) is 18.2 Å². The molecule has 1 N–H and O–H groups in total. The maximum absolute atomic E-state index is 10.7. The number of carboxylic acid groups (broad SMARTS) is 1. The first kappa shape index (κ1) is 15.8. The molecule has 1 aliphatic rings. The minimum absolute atomic E-state index is 0.478. The molecule has 0 unspecified atom stereocenters. The Morgan fingerprint density at radius 1 is 1.33 bits per heavy atom. The third-order valence-electron chi connectivity index (χ3n) is 4.87. The van der Waals surface area contributed by atoms with E-state index in [1.165, 1.54) is 30.9 Å². The van der Waals surface area contributed by atoms with Gasteiger partial charge in [0.2, 0.25) is 0 Å². The lowest BCUT2D eigenvalue weighted by Crippen LogP contribution is -2.26. The first-order valence-electron chi connectivity index (χ1n) is 7.80. The van der Waals surface area contributed by atoms with Gasteiger partial charge in [-0.3, -0.25) is 4.90 Å². The van der Waals surface area contributed by atoms with Crippen molar-refractivity contribution < 1.29 is 9.90 Å². The Hall–Kier alpha value is -1.61. The summed E-state index contributed by atoms with van der Waals surface area (Å²) in [5.74, 6) is -0.901. The Balaban J connectivity index is 2.09. The largest absolute Gasteiger partial charge is 0.478 e. The number of hydrogen-bond donors (Lipinski definition) is 1. The van der Waals surface area contributed by atoms with Crippen LogP contribution in [-0.4, -0.2) is 29.1 Å². The molecule has 1 fully saturated rings. The zero-order valence-electron chi connectivity index (χ0n) is 13.0. The van der Waals surface area contributed by atoms with Crippen molar-refractivity contribution >= 4 is 12.0 Å². The fourth-order valence-electron chi connectivity index (χ4n) is 3.23. The van der Waals surface area contributed by atoms with Gasteiger partial charge < -0.3 is 5.11 Å². The topological polar surface area (TPSA) is 40.5 Å². The molecule has 0 saturated carbocycles. The highest BCUT2D eigenvalue weighted by atomic mass is 16.4. The van der Waals surface area contributed by atoms with E-state index in [1.54, 1.807) is 6.08 Å². The van der Waals surface area contributed by atoms with Gasteiger partial charge in [0.25, 0.3) is 0 Å². The highest BCUT2D eigenvalue weighted by Gasteiger charge is 2.34. The number of aliphatic carboxylic acids is 1. The zero-order chi connectivity index (χ0) is 15.3. The maximum atomic E-state index is 10.7. The lowest BCUT2D eigenvalue weighted by Gasteiger charge is -2.26. The molecule has 21 heavy (non-hydrogen) atoms. The zero-order valence-corrected chi connectivity index (χ0v) is 13.0. The van der Waals surface area contributed by atoms with Crippen molar-refractivity contribution in [2.24, 2.45) is 5.41 Å². The predicted molar refractivity (Wildman–Crippen MR) is 86.0 cm³/mol. The molecule has 0 aromatic heterocycles. The van der Waals surface area contributed by atoms with Crippen molar-refractivity contribution in [3.8, 4) is 0 Å². The van der Waals surface area contributed by atoms with Crippen molar-refractivity contribution in [1.82, 2.24) is 4.90 Å². The molecule has 1 heterocycles. The minimum atomic E-state index is -0.901. The van der Waals surface area contributed by atoms with Gasteiger partial charge in [0.1, 0.15) is 0 Å². The fraction of sp³-hybridized carbons (Fsp3) is 0.500. The van der Waals surface area contributed by atoms with E-state index in [9.17, 15) is 4.79 Å². The van der Waals surface area contributed by atoms with Crippen LogP contribution in [0.15, 0.2) is 30.3 Å². The average Bonchev–Trinajstić information content (AvgIpc) is 2.90. The number of hydrogen-bond acceptors (Lipinski definition) is 2. The quantitative estimate of drug-likeness (QED) is 0.809. The molecule has 0 amide bonds. The lowest BCUT2D eigenvalue weighted by atomic mass is 9.82. The summed E-state index contributed by atoms with van der Waals surface area (Å²) in [6, 6.07) is 8.06. The van der Waals surface area contributed by atoms with E-state index in [2.05, 4.69) is 24.8 Å². The Bertz CT molecular complexity index is 518. The summed E-state index contributed by atoms with van der Waals surface area (Å²) in [5.41, 5.74) is 2.69. The van der Waals surface area contributed by atoms with E-state index >= 15 is 0 Å². The summed E-state index contributed by atoms with van der Waals surface area (Å²) >= 11 is 0. The average molecular weight is 287 g/mol. The number of likely N-dealkylation sites (tertiary alicyclic amines) is 1. The molecule has 0 bridgehead atoms. The Morgan fingerprint density at radius 2 is 2.05 bits per heavy atom. The van der Waals surface area contributed by atoms with Crippen LogP contribution in [-0.2, 0) is 11.3 Å². The SMILES string of the molecule is CCC1(CC)CCN(Cc2ccccc2/C=C/C(=O)O)C1. The highest BCUT2D eigenvalue weighted by molar-refractivity contribution is 5.85. The van der Waals surface area contributed by atoms with Gasteiger partial charge in [-0.15, -0.1) is 0 Å². The van der Waals surface area contributed by atoms with Gasteiger partial charge in [-0.25, -0.2) is 4.79 Å². The number of carboxylic acids is 1. The normalized spacial score (nSPS) is 18.4. The van der Waals surface area contributed by atoms with Crippen molar-refractivity contribution in [2.45, 2.75) is 39.7 Å². The van der Waals surface area contributed by atoms with Crippen molar-refractivity contribution in [1.29, 1.82) is 0 Å². The van der Waals surface area contributed by atoms with Crippen molar-refractivity contribution in [3.05, 3.63) is 41.5 Å². The maximum Gasteiger partial charge on any atom is 0.328 e. The molecule has 2 rings (SSSR count). The van der Waals surface area contributed by atoms with Crippen LogP contribution in [0.2, 0.25) is 0 Å². The van der Waals surface area contributed by atoms with Gasteiger partial charge >= 0.3 is 5.97 Å². The second-order valence-electron chi connectivity index (χ2n) is 6.04. The van der Waals surface area contributed by atoms with Crippen LogP contribution in [0.1, 0.15) is 44.2 Å². The van der Waals surface area contributed by atoms with Gasteiger partial charge in [-0.2, -0.15) is 0 Å². The lowest BCUT2D eigenvalue weighted by molar-refractivity contribution is -0.131. The summed E-state index contributed by atoms with van der Waals surface area (Å²) in [4.78, 5) is 13.2. The summed E-state index contributed by atoms with van der Waals surface area (Å²) in [6.45, 7) is 7.77. The third kappa shape index (κ3) is 3.94. The van der Waals surface area contributed by atoms with Crippen LogP contribution in [0.5, 0.6) is 0 Å². The Kier molecular flexibility index (Phi) is 5.18. The Morgan fingerprint density at radius 3 is 2.67 bits per heavy atom. The number of nitrogens with zero attached hydrogens (tertiary/aromatic N) is 1. The molecule has 114 valence electrons. The van der Waals surface area contributed by atoms with E-state index in [0.717, 1.165) is 25.2 Å². The molecular formula is C18H25NO2. The van der Waals surface area contributed by atoms with E-state index in [-0.39, 0.29) is 0 Å². The first-order chi connectivity index (χ1) is 10.1. The molecule has 1 aromatic rings. The smallest absolute Gasteiger partial charge is 0.328 e. The summed E-state index contributed by atoms with van der Waals surface area (Å²) in [6.07, 6.45) is 6.65. The monoisotopic (exact) mass is 287 g/mol. The van der Waals surface area contributed by atoms with E-state index in [0.29, 0.717) is 5.41 Å². The van der Waals surface area contributed by atoms with Gasteiger partial charge in [-0.1, -0.05) is 38.1 Å². The van der Waals surface area contributed by atoms with Crippen molar-refractivity contribution in [3.63, 3.8) is 0 Å². The fourth-order valence-corrected chi connectivity index (χ4v) is 3.23. The summed E-state index contributed by atoms with van der Waals surface area (Å²) in [7, 11) is 0. The van der Waals surface area contributed by atoms with E-state index < -0.39 is 5.97 Å². The number of rotatable bonds is 6. The van der Waals surface area contributed by atoms with Gasteiger partial charge in [0, 0.05) is 19.2 Å².